The summed E-state index contributed by atoms with van der Waals surface area (Å²) in [5.74, 6) is 0.902. The van der Waals surface area contributed by atoms with E-state index in [4.69, 9.17) is 10.5 Å². The number of hydrogen-bond donors (Lipinski definition) is 1. The number of nitrogen functional groups attached to an aromatic ring is 1. The number of allylic oxidation sites excluding steroid dienone is 1. The van der Waals surface area contributed by atoms with Crippen LogP contribution in [0.25, 0.3) is 17.3 Å². The van der Waals surface area contributed by atoms with Gasteiger partial charge >= 0.3 is 0 Å². The zero-order valence-electron chi connectivity index (χ0n) is 16.1. The lowest BCUT2D eigenvalue weighted by Crippen LogP contribution is -2.02. The van der Waals surface area contributed by atoms with Crippen molar-refractivity contribution in [2.75, 3.05) is 12.3 Å². The van der Waals surface area contributed by atoms with Crippen molar-refractivity contribution in [2.45, 2.75) is 13.3 Å². The lowest BCUT2D eigenvalue weighted by Gasteiger charge is -2.12. The minimum Gasteiger partial charge on any atom is -0.492 e. The Balaban J connectivity index is 2.18. The van der Waals surface area contributed by atoms with E-state index in [-0.39, 0.29) is 22.6 Å². The molecule has 1 heterocycles. The van der Waals surface area contributed by atoms with E-state index in [0.717, 1.165) is 19.1 Å². The van der Waals surface area contributed by atoms with Gasteiger partial charge in [-0.05, 0) is 81.9 Å². The molecule has 3 rings (SSSR count). The van der Waals surface area contributed by atoms with E-state index in [9.17, 15) is 10.5 Å². The molecule has 0 aliphatic rings. The molecule has 8 heteroatoms. The van der Waals surface area contributed by atoms with E-state index in [1.54, 1.807) is 6.08 Å². The molecule has 150 valence electrons. The molecule has 6 nitrogen and oxygen atoms in total. The Hall–Kier alpha value is -2.57. The van der Waals surface area contributed by atoms with Gasteiger partial charge in [0.05, 0.1) is 21.4 Å². The fourth-order valence-electron chi connectivity index (χ4n) is 2.85. The number of nitrogens with zero attached hydrogens (tertiary/aromatic N) is 4. The molecule has 0 fully saturated rings. The molecule has 0 saturated heterocycles. The van der Waals surface area contributed by atoms with E-state index >= 15 is 0 Å². The van der Waals surface area contributed by atoms with Crippen LogP contribution in [0, 0.1) is 29.8 Å². The van der Waals surface area contributed by atoms with Crippen molar-refractivity contribution < 1.29 is 4.74 Å². The number of hydrogen-bond acceptors (Lipinski definition) is 5. The predicted octanol–water partition coefficient (Wildman–Crippen LogP) is 5.39. The first kappa shape index (κ1) is 22.1. The molecule has 30 heavy (non-hydrogen) atoms. The second-order valence-corrected chi connectivity index (χ2v) is 8.70. The second-order valence-electron chi connectivity index (χ2n) is 6.29. The lowest BCUT2D eigenvalue weighted by atomic mass is 10.1. The topological polar surface area (TPSA) is 101 Å². The van der Waals surface area contributed by atoms with Gasteiger partial charge in [0.15, 0.2) is 0 Å². The normalized spacial score (nSPS) is 11.0. The minimum absolute atomic E-state index is 0.169. The third kappa shape index (κ3) is 4.60. The smallest absolute Gasteiger partial charge is 0.145 e. The highest BCUT2D eigenvalue weighted by Crippen LogP contribution is 2.33. The third-order valence-corrected chi connectivity index (χ3v) is 5.62. The molecule has 0 aliphatic heterocycles. The van der Waals surface area contributed by atoms with Crippen LogP contribution in [0.2, 0.25) is 0 Å². The molecule has 0 amide bonds. The SMILES string of the molecule is CCCOc1c(I)cc(I)cc1/C=C(\C#N)c1nn(-c2ccccc2)c(N)c1C#N. The van der Waals surface area contributed by atoms with Crippen molar-refractivity contribution >= 4 is 62.6 Å². The Bertz CT molecular complexity index is 1190. The minimum atomic E-state index is 0.169. The summed E-state index contributed by atoms with van der Waals surface area (Å²) in [6, 6.07) is 17.5. The lowest BCUT2D eigenvalue weighted by molar-refractivity contribution is 0.314. The number of aromatic nitrogens is 2. The summed E-state index contributed by atoms with van der Waals surface area (Å²) in [5, 5.41) is 24.0. The van der Waals surface area contributed by atoms with Crippen LogP contribution in [0.15, 0.2) is 42.5 Å². The van der Waals surface area contributed by atoms with Crippen LogP contribution in [-0.2, 0) is 0 Å². The summed E-state index contributed by atoms with van der Waals surface area (Å²) in [4.78, 5) is 0. The maximum absolute atomic E-state index is 9.87. The van der Waals surface area contributed by atoms with Gasteiger partial charge in [0, 0.05) is 9.13 Å². The predicted molar refractivity (Wildman–Crippen MR) is 134 cm³/mol. The Morgan fingerprint density at radius 1 is 1.23 bits per heavy atom. The molecule has 0 spiro atoms. The van der Waals surface area contributed by atoms with Crippen molar-refractivity contribution in [3.05, 3.63) is 66.4 Å². The van der Waals surface area contributed by atoms with Gasteiger partial charge in [0.2, 0.25) is 0 Å². The summed E-state index contributed by atoms with van der Waals surface area (Å²) in [6.07, 6.45) is 2.57. The molecule has 0 unspecified atom stereocenters. The van der Waals surface area contributed by atoms with Gasteiger partial charge in [0.1, 0.15) is 35.0 Å². The van der Waals surface area contributed by atoms with Crippen molar-refractivity contribution in [1.82, 2.24) is 9.78 Å². The van der Waals surface area contributed by atoms with Crippen LogP contribution in [-0.4, -0.2) is 16.4 Å². The molecule has 0 bridgehead atoms. The van der Waals surface area contributed by atoms with E-state index in [0.29, 0.717) is 18.0 Å². The van der Waals surface area contributed by atoms with Gasteiger partial charge in [-0.3, -0.25) is 0 Å². The summed E-state index contributed by atoms with van der Waals surface area (Å²) in [6.45, 7) is 2.60. The zero-order chi connectivity index (χ0) is 21.7. The highest BCUT2D eigenvalue weighted by atomic mass is 127. The van der Waals surface area contributed by atoms with Crippen molar-refractivity contribution in [3.63, 3.8) is 0 Å². The van der Waals surface area contributed by atoms with Crippen LogP contribution in [0.3, 0.4) is 0 Å². The molecule has 1 aromatic heterocycles. The van der Waals surface area contributed by atoms with E-state index in [2.05, 4.69) is 62.4 Å². The van der Waals surface area contributed by atoms with Gasteiger partial charge < -0.3 is 10.5 Å². The summed E-state index contributed by atoms with van der Waals surface area (Å²) in [7, 11) is 0. The van der Waals surface area contributed by atoms with Crippen molar-refractivity contribution in [2.24, 2.45) is 0 Å². The highest BCUT2D eigenvalue weighted by Gasteiger charge is 2.21. The van der Waals surface area contributed by atoms with Crippen LogP contribution < -0.4 is 10.5 Å². The quantitative estimate of drug-likeness (QED) is 0.294. The first-order valence-electron chi connectivity index (χ1n) is 9.08. The number of halogens is 2. The van der Waals surface area contributed by atoms with E-state index < -0.39 is 0 Å². The summed E-state index contributed by atoms with van der Waals surface area (Å²) in [5.41, 5.74) is 8.32. The largest absolute Gasteiger partial charge is 0.492 e. The maximum Gasteiger partial charge on any atom is 0.145 e. The van der Waals surface area contributed by atoms with Crippen molar-refractivity contribution in [1.29, 1.82) is 10.5 Å². The zero-order valence-corrected chi connectivity index (χ0v) is 20.4. The fourth-order valence-corrected chi connectivity index (χ4v) is 4.89. The molecule has 2 aromatic carbocycles. The number of rotatable bonds is 6. The van der Waals surface area contributed by atoms with Gasteiger partial charge in [-0.2, -0.15) is 15.6 Å². The van der Waals surface area contributed by atoms with Crippen LogP contribution in [0.1, 0.15) is 30.2 Å². The second kappa shape index (κ2) is 9.96. The molecule has 0 radical (unpaired) electrons. The van der Waals surface area contributed by atoms with Crippen LogP contribution in [0.4, 0.5) is 5.82 Å². The monoisotopic (exact) mass is 621 g/mol. The summed E-state index contributed by atoms with van der Waals surface area (Å²) < 4.78 is 9.37. The molecular weight excluding hydrogens is 604 g/mol. The molecular formula is C22H17I2N5O. The average Bonchev–Trinajstić information content (AvgIpc) is 3.08. The summed E-state index contributed by atoms with van der Waals surface area (Å²) >= 11 is 4.45. The Morgan fingerprint density at radius 2 is 1.97 bits per heavy atom. The third-order valence-electron chi connectivity index (χ3n) is 4.20. The van der Waals surface area contributed by atoms with Gasteiger partial charge in [-0.1, -0.05) is 25.1 Å². The van der Waals surface area contributed by atoms with Crippen LogP contribution in [0.5, 0.6) is 5.75 Å². The molecule has 0 aliphatic carbocycles. The maximum atomic E-state index is 9.87. The van der Waals surface area contributed by atoms with Gasteiger partial charge in [-0.25, -0.2) is 4.68 Å². The number of nitriles is 2. The van der Waals surface area contributed by atoms with E-state index in [1.807, 2.05) is 49.4 Å². The highest BCUT2D eigenvalue weighted by molar-refractivity contribution is 14.1. The average molecular weight is 621 g/mol. The number of nitrogens with two attached hydrogens (primary N) is 1. The number of ether oxygens (including phenoxy) is 1. The molecule has 2 N–H and O–H groups in total. The number of anilines is 1. The van der Waals surface area contributed by atoms with Crippen molar-refractivity contribution in [3.8, 4) is 23.6 Å². The first-order chi connectivity index (χ1) is 14.5. The van der Waals surface area contributed by atoms with Gasteiger partial charge in [0.25, 0.3) is 0 Å². The number of para-hydroxylation sites is 1. The van der Waals surface area contributed by atoms with Crippen LogP contribution >= 0.6 is 45.2 Å². The first-order valence-corrected chi connectivity index (χ1v) is 11.2. The Labute approximate surface area is 202 Å². The fraction of sp³-hybridized carbons (Fsp3) is 0.136. The number of benzene rings is 2. The van der Waals surface area contributed by atoms with E-state index in [1.165, 1.54) is 4.68 Å². The van der Waals surface area contributed by atoms with Gasteiger partial charge in [-0.15, -0.1) is 0 Å². The Morgan fingerprint density at radius 3 is 2.60 bits per heavy atom. The molecule has 0 saturated carbocycles. The standard InChI is InChI=1S/C22H17I2N5O/c1-2-8-30-21-14(10-16(23)11-19(21)24)9-15(12-25)20-18(13-26)22(27)29(28-20)17-6-4-3-5-7-17/h3-7,9-11H,2,8,27H2,1H3/b15-9+. The Kier molecular flexibility index (Phi) is 7.34. The molecule has 3 aromatic rings. The molecule has 0 atom stereocenters.